The summed E-state index contributed by atoms with van der Waals surface area (Å²) in [5.41, 5.74) is 0.368. The summed E-state index contributed by atoms with van der Waals surface area (Å²) in [6, 6.07) is 2.11. The fraction of sp³-hybridized carbons (Fsp3) is 0.125. The lowest BCUT2D eigenvalue weighted by Crippen LogP contribution is -1.82. The summed E-state index contributed by atoms with van der Waals surface area (Å²) >= 11 is 0. The van der Waals surface area contributed by atoms with E-state index < -0.39 is 11.6 Å². The summed E-state index contributed by atoms with van der Waals surface area (Å²) in [5, 5.41) is 0. The third-order valence-corrected chi connectivity index (χ3v) is 1.68. The Morgan fingerprint density at radius 2 is 2.15 bits per heavy atom. The Labute approximate surface area is 72.4 Å². The predicted octanol–water partition coefficient (Wildman–Crippen LogP) is 1.85. The zero-order valence-corrected chi connectivity index (χ0v) is 6.77. The lowest BCUT2D eigenvalue weighted by molar-refractivity contribution is 0.385. The number of fused-ring (bicyclic) bond motifs is 1. The number of nitrogens with one attached hydrogen (secondary N) is 1. The number of aromatic nitrogens is 2. The number of halogens is 2. The molecule has 0 aliphatic rings. The van der Waals surface area contributed by atoms with Gasteiger partial charge >= 0.3 is 0 Å². The minimum atomic E-state index is -0.699. The molecule has 0 saturated heterocycles. The molecule has 0 saturated carbocycles. The van der Waals surface area contributed by atoms with E-state index in [1.165, 1.54) is 7.11 Å². The molecule has 0 amide bonds. The van der Waals surface area contributed by atoms with Crippen molar-refractivity contribution in [2.75, 3.05) is 7.11 Å². The van der Waals surface area contributed by atoms with Gasteiger partial charge in [-0.1, -0.05) is 0 Å². The largest absolute Gasteiger partial charge is 0.468 e. The molecule has 2 aromatic rings. The summed E-state index contributed by atoms with van der Waals surface area (Å²) in [7, 11) is 1.39. The van der Waals surface area contributed by atoms with Gasteiger partial charge < -0.3 is 9.72 Å². The number of hydrogen-bond donors (Lipinski definition) is 1. The van der Waals surface area contributed by atoms with Crippen LogP contribution >= 0.6 is 0 Å². The van der Waals surface area contributed by atoms with Gasteiger partial charge in [-0.2, -0.15) is 4.98 Å². The first-order valence-corrected chi connectivity index (χ1v) is 3.59. The first-order chi connectivity index (χ1) is 6.20. The average molecular weight is 184 g/mol. The van der Waals surface area contributed by atoms with Crippen LogP contribution in [0.2, 0.25) is 0 Å². The van der Waals surface area contributed by atoms with Gasteiger partial charge in [0.15, 0.2) is 5.82 Å². The molecule has 1 N–H and O–H groups in total. The lowest BCUT2D eigenvalue weighted by atomic mass is 10.3. The van der Waals surface area contributed by atoms with Crippen LogP contribution in [0.15, 0.2) is 12.1 Å². The van der Waals surface area contributed by atoms with Crippen molar-refractivity contribution in [2.45, 2.75) is 0 Å². The van der Waals surface area contributed by atoms with E-state index in [4.69, 9.17) is 4.74 Å². The smallest absolute Gasteiger partial charge is 0.294 e. The van der Waals surface area contributed by atoms with Gasteiger partial charge in [-0.3, -0.25) is 0 Å². The molecule has 0 aliphatic carbocycles. The van der Waals surface area contributed by atoms with Crippen LogP contribution < -0.4 is 4.74 Å². The number of hydrogen-bond acceptors (Lipinski definition) is 2. The molecule has 1 aromatic carbocycles. The summed E-state index contributed by atoms with van der Waals surface area (Å²) in [6.07, 6.45) is 0. The first-order valence-electron chi connectivity index (χ1n) is 3.59. The van der Waals surface area contributed by atoms with Gasteiger partial charge in [-0.05, 0) is 6.07 Å². The Kier molecular flexibility index (Phi) is 1.65. The van der Waals surface area contributed by atoms with Crippen molar-refractivity contribution in [1.82, 2.24) is 9.97 Å². The molecule has 5 heteroatoms. The third-order valence-electron chi connectivity index (χ3n) is 1.68. The molecule has 0 atom stereocenters. The quantitative estimate of drug-likeness (QED) is 0.734. The van der Waals surface area contributed by atoms with E-state index in [9.17, 15) is 8.78 Å². The highest BCUT2D eigenvalue weighted by molar-refractivity contribution is 5.76. The van der Waals surface area contributed by atoms with Gasteiger partial charge in [0.1, 0.15) is 11.3 Å². The van der Waals surface area contributed by atoms with Crippen LogP contribution in [0.1, 0.15) is 0 Å². The monoisotopic (exact) mass is 184 g/mol. The van der Waals surface area contributed by atoms with Crippen molar-refractivity contribution in [1.29, 1.82) is 0 Å². The number of rotatable bonds is 1. The Morgan fingerprint density at radius 3 is 2.85 bits per heavy atom. The van der Waals surface area contributed by atoms with Crippen LogP contribution in [-0.4, -0.2) is 17.1 Å². The molecule has 1 aromatic heterocycles. The molecule has 0 unspecified atom stereocenters. The third kappa shape index (κ3) is 1.22. The summed E-state index contributed by atoms with van der Waals surface area (Å²) < 4.78 is 30.4. The van der Waals surface area contributed by atoms with Gasteiger partial charge in [0.25, 0.3) is 6.01 Å². The van der Waals surface area contributed by atoms with Gasteiger partial charge in [-0.25, -0.2) is 8.78 Å². The topological polar surface area (TPSA) is 37.9 Å². The maximum Gasteiger partial charge on any atom is 0.294 e. The van der Waals surface area contributed by atoms with Crippen molar-refractivity contribution < 1.29 is 13.5 Å². The van der Waals surface area contributed by atoms with Crippen LogP contribution in [0, 0.1) is 11.6 Å². The second kappa shape index (κ2) is 2.69. The van der Waals surface area contributed by atoms with E-state index in [0.717, 1.165) is 12.1 Å². The molecule has 0 spiro atoms. The van der Waals surface area contributed by atoms with E-state index in [1.54, 1.807) is 0 Å². The second-order valence-corrected chi connectivity index (χ2v) is 2.53. The molecular weight excluding hydrogens is 178 g/mol. The van der Waals surface area contributed by atoms with Gasteiger partial charge in [0.2, 0.25) is 0 Å². The molecule has 1 heterocycles. The fourth-order valence-electron chi connectivity index (χ4n) is 1.12. The maximum absolute atomic E-state index is 13.0. The number of nitrogens with zero attached hydrogens (tertiary/aromatic N) is 1. The van der Waals surface area contributed by atoms with Crippen LogP contribution in [0.4, 0.5) is 8.78 Å². The zero-order valence-electron chi connectivity index (χ0n) is 6.77. The maximum atomic E-state index is 13.0. The Morgan fingerprint density at radius 1 is 1.38 bits per heavy atom. The van der Waals surface area contributed by atoms with Crippen LogP contribution in [0.5, 0.6) is 6.01 Å². The number of imidazole rings is 1. The molecule has 0 radical (unpaired) electrons. The molecule has 68 valence electrons. The predicted molar refractivity (Wildman–Crippen MR) is 42.6 cm³/mol. The minimum Gasteiger partial charge on any atom is -0.468 e. The van der Waals surface area contributed by atoms with Gasteiger partial charge in [0.05, 0.1) is 12.6 Å². The van der Waals surface area contributed by atoms with E-state index in [-0.39, 0.29) is 17.0 Å². The van der Waals surface area contributed by atoms with Crippen molar-refractivity contribution in [3.05, 3.63) is 23.8 Å². The highest BCUT2D eigenvalue weighted by Crippen LogP contribution is 2.19. The molecule has 0 bridgehead atoms. The molecule has 13 heavy (non-hydrogen) atoms. The first kappa shape index (κ1) is 7.97. The zero-order chi connectivity index (χ0) is 9.42. The van der Waals surface area contributed by atoms with E-state index in [0.29, 0.717) is 0 Å². The van der Waals surface area contributed by atoms with E-state index in [2.05, 4.69) is 9.97 Å². The van der Waals surface area contributed by atoms with Crippen molar-refractivity contribution in [3.63, 3.8) is 0 Å². The number of methoxy groups -OCH3 is 1. The highest BCUT2D eigenvalue weighted by Gasteiger charge is 2.09. The lowest BCUT2D eigenvalue weighted by Gasteiger charge is -1.89. The fourth-order valence-corrected chi connectivity index (χ4v) is 1.12. The molecule has 2 rings (SSSR count). The normalized spacial score (nSPS) is 10.7. The molecular formula is C8H6F2N2O. The van der Waals surface area contributed by atoms with Crippen molar-refractivity contribution >= 4 is 11.0 Å². The summed E-state index contributed by atoms with van der Waals surface area (Å²) in [4.78, 5) is 6.37. The van der Waals surface area contributed by atoms with Crippen LogP contribution in [-0.2, 0) is 0 Å². The minimum absolute atomic E-state index is 0.0817. The van der Waals surface area contributed by atoms with Crippen LogP contribution in [0.3, 0.4) is 0 Å². The SMILES string of the molecule is COc1nc2c(F)cc(F)cc2[nH]1. The number of H-pyrrole nitrogens is 1. The van der Waals surface area contributed by atoms with E-state index >= 15 is 0 Å². The molecule has 0 aliphatic heterocycles. The standard InChI is InChI=1S/C8H6F2N2O/c1-13-8-11-6-3-4(9)2-5(10)7(6)12-8/h2-3H,1H3,(H,11,12). The number of aromatic amines is 1. The summed E-state index contributed by atoms with van der Waals surface area (Å²) in [6.45, 7) is 0. The van der Waals surface area contributed by atoms with Gasteiger partial charge in [-0.15, -0.1) is 0 Å². The number of benzene rings is 1. The average Bonchev–Trinajstić information content (AvgIpc) is 2.47. The Hall–Kier alpha value is -1.65. The Balaban J connectivity index is 2.75. The molecule has 3 nitrogen and oxygen atoms in total. The van der Waals surface area contributed by atoms with Crippen molar-refractivity contribution in [2.24, 2.45) is 0 Å². The van der Waals surface area contributed by atoms with E-state index in [1.807, 2.05) is 0 Å². The second-order valence-electron chi connectivity index (χ2n) is 2.53. The Bertz CT molecular complexity index is 453. The highest BCUT2D eigenvalue weighted by atomic mass is 19.1. The molecule has 0 fully saturated rings. The summed E-state index contributed by atoms with van der Waals surface area (Å²) in [5.74, 6) is -1.34. The van der Waals surface area contributed by atoms with Crippen molar-refractivity contribution in [3.8, 4) is 6.01 Å². The number of ether oxygens (including phenoxy) is 1. The van der Waals surface area contributed by atoms with Crippen LogP contribution in [0.25, 0.3) is 11.0 Å². The van der Waals surface area contributed by atoms with Gasteiger partial charge in [0, 0.05) is 6.07 Å².